The standard InChI is InChI=1S/C13H13N3O3/c1-15-12(18)7-16(8-13(15)19)11-5-3-2-4-10(11)6-14-9-17/h2-5H,6-8H2,1H3. The highest BCUT2D eigenvalue weighted by molar-refractivity contribution is 6.02. The van der Waals surface area contributed by atoms with Crippen molar-refractivity contribution < 1.29 is 14.4 Å². The first-order valence-corrected chi connectivity index (χ1v) is 5.79. The number of carbonyl (C=O) groups is 2. The highest BCUT2D eigenvalue weighted by Crippen LogP contribution is 2.22. The third-order valence-electron chi connectivity index (χ3n) is 3.05. The minimum atomic E-state index is -0.245. The van der Waals surface area contributed by atoms with E-state index in [1.165, 1.54) is 13.1 Å². The number of para-hydroxylation sites is 1. The Labute approximate surface area is 110 Å². The lowest BCUT2D eigenvalue weighted by atomic mass is 10.1. The minimum absolute atomic E-state index is 0.143. The summed E-state index contributed by atoms with van der Waals surface area (Å²) in [7, 11) is 1.48. The molecule has 6 heteroatoms. The fraction of sp³-hybridized carbons (Fsp3) is 0.308. The Bertz CT molecular complexity index is 546. The van der Waals surface area contributed by atoms with Gasteiger partial charge >= 0.3 is 0 Å². The van der Waals surface area contributed by atoms with E-state index in [0.29, 0.717) is 0 Å². The van der Waals surface area contributed by atoms with Gasteiger partial charge in [0.15, 0.2) is 0 Å². The average Bonchev–Trinajstić information content (AvgIpc) is 2.42. The van der Waals surface area contributed by atoms with Gasteiger partial charge in [0.1, 0.15) is 0 Å². The van der Waals surface area contributed by atoms with E-state index in [2.05, 4.69) is 4.99 Å². The summed E-state index contributed by atoms with van der Waals surface area (Å²) in [5, 5.41) is 0. The summed E-state index contributed by atoms with van der Waals surface area (Å²) in [5.74, 6) is -0.491. The van der Waals surface area contributed by atoms with E-state index < -0.39 is 0 Å². The lowest BCUT2D eigenvalue weighted by Gasteiger charge is -2.32. The molecule has 0 unspecified atom stereocenters. The van der Waals surface area contributed by atoms with Crippen molar-refractivity contribution in [2.24, 2.45) is 4.99 Å². The van der Waals surface area contributed by atoms with Crippen LogP contribution in [0.15, 0.2) is 29.3 Å². The number of benzene rings is 1. The predicted octanol–water partition coefficient (Wildman–Crippen LogP) is 0.327. The number of anilines is 1. The van der Waals surface area contributed by atoms with Gasteiger partial charge < -0.3 is 4.90 Å². The van der Waals surface area contributed by atoms with Gasteiger partial charge in [-0.3, -0.25) is 14.5 Å². The summed E-state index contributed by atoms with van der Waals surface area (Å²) in [6.07, 6.45) is 1.49. The van der Waals surface area contributed by atoms with Gasteiger partial charge in [0.25, 0.3) is 0 Å². The van der Waals surface area contributed by atoms with Gasteiger partial charge in [-0.1, -0.05) is 18.2 Å². The van der Waals surface area contributed by atoms with E-state index in [1.807, 2.05) is 24.3 Å². The van der Waals surface area contributed by atoms with Crippen LogP contribution in [0.5, 0.6) is 0 Å². The number of nitrogens with zero attached hydrogens (tertiary/aromatic N) is 3. The molecule has 1 saturated heterocycles. The molecule has 0 N–H and O–H groups in total. The molecule has 1 aliphatic heterocycles. The molecule has 2 rings (SSSR count). The number of piperazine rings is 1. The molecule has 0 radical (unpaired) electrons. The molecule has 1 aromatic carbocycles. The number of hydrogen-bond acceptors (Lipinski definition) is 5. The maximum Gasteiger partial charge on any atom is 0.248 e. The first-order chi connectivity index (χ1) is 9.13. The summed E-state index contributed by atoms with van der Waals surface area (Å²) in [4.78, 5) is 39.9. The molecule has 0 spiro atoms. The Kier molecular flexibility index (Phi) is 3.73. The van der Waals surface area contributed by atoms with Gasteiger partial charge in [-0.25, -0.2) is 9.79 Å². The molecule has 1 aromatic rings. The molecule has 0 bridgehead atoms. The number of amides is 2. The van der Waals surface area contributed by atoms with Crippen LogP contribution in [-0.2, 0) is 20.9 Å². The average molecular weight is 259 g/mol. The van der Waals surface area contributed by atoms with Crippen molar-refractivity contribution in [3.05, 3.63) is 29.8 Å². The van der Waals surface area contributed by atoms with E-state index in [4.69, 9.17) is 0 Å². The highest BCUT2D eigenvalue weighted by Gasteiger charge is 2.28. The molecule has 6 nitrogen and oxygen atoms in total. The van der Waals surface area contributed by atoms with Crippen molar-refractivity contribution in [1.82, 2.24) is 4.90 Å². The number of hydrogen-bond donors (Lipinski definition) is 0. The number of likely N-dealkylation sites (N-methyl/N-ethyl adjacent to an activating group) is 1. The molecule has 0 aromatic heterocycles. The molecule has 2 amide bonds. The summed E-state index contributed by atoms with van der Waals surface area (Å²) in [6.45, 7) is 0.475. The smallest absolute Gasteiger partial charge is 0.248 e. The Morgan fingerprint density at radius 1 is 1.21 bits per heavy atom. The van der Waals surface area contributed by atoms with E-state index in [-0.39, 0.29) is 31.4 Å². The molecule has 1 heterocycles. The third-order valence-corrected chi connectivity index (χ3v) is 3.05. The van der Waals surface area contributed by atoms with E-state index in [9.17, 15) is 14.4 Å². The van der Waals surface area contributed by atoms with Crippen molar-refractivity contribution in [2.75, 3.05) is 25.0 Å². The second-order valence-electron chi connectivity index (χ2n) is 4.24. The second-order valence-corrected chi connectivity index (χ2v) is 4.24. The predicted molar refractivity (Wildman–Crippen MR) is 68.3 cm³/mol. The maximum atomic E-state index is 11.7. The maximum absolute atomic E-state index is 11.7. The number of isocyanates is 1. The van der Waals surface area contributed by atoms with Gasteiger partial charge in [0.05, 0.1) is 19.6 Å². The molecular formula is C13H13N3O3. The Balaban J connectivity index is 2.29. The van der Waals surface area contributed by atoms with Gasteiger partial charge in [0.2, 0.25) is 17.9 Å². The monoisotopic (exact) mass is 259 g/mol. The van der Waals surface area contributed by atoms with Crippen molar-refractivity contribution in [3.8, 4) is 0 Å². The first-order valence-electron chi connectivity index (χ1n) is 5.79. The van der Waals surface area contributed by atoms with Crippen LogP contribution in [-0.4, -0.2) is 42.9 Å². The quantitative estimate of drug-likeness (QED) is 0.445. The van der Waals surface area contributed by atoms with Crippen molar-refractivity contribution in [3.63, 3.8) is 0 Å². The molecule has 1 fully saturated rings. The lowest BCUT2D eigenvalue weighted by molar-refractivity contribution is -0.143. The zero-order chi connectivity index (χ0) is 13.8. The van der Waals surface area contributed by atoms with Crippen LogP contribution < -0.4 is 4.90 Å². The van der Waals surface area contributed by atoms with Gasteiger partial charge in [-0.15, -0.1) is 0 Å². The molecular weight excluding hydrogens is 246 g/mol. The van der Waals surface area contributed by atoms with E-state index >= 15 is 0 Å². The fourth-order valence-electron chi connectivity index (χ4n) is 1.97. The van der Waals surface area contributed by atoms with E-state index in [1.54, 1.807) is 4.90 Å². The molecule has 0 saturated carbocycles. The number of carbonyl (C=O) groups excluding carboxylic acids is 3. The highest BCUT2D eigenvalue weighted by atomic mass is 16.2. The zero-order valence-electron chi connectivity index (χ0n) is 10.5. The Hall–Kier alpha value is -2.46. The number of rotatable bonds is 3. The molecule has 1 aliphatic rings. The van der Waals surface area contributed by atoms with Crippen LogP contribution in [0.4, 0.5) is 5.69 Å². The minimum Gasteiger partial charge on any atom is -0.353 e. The summed E-state index contributed by atoms with van der Waals surface area (Å²) in [5.41, 5.74) is 1.53. The molecule has 19 heavy (non-hydrogen) atoms. The SMILES string of the molecule is CN1C(=O)CN(c2ccccc2CN=C=O)CC1=O. The van der Waals surface area contributed by atoms with Crippen LogP contribution >= 0.6 is 0 Å². The van der Waals surface area contributed by atoms with E-state index in [0.717, 1.165) is 16.2 Å². The largest absolute Gasteiger partial charge is 0.353 e. The topological polar surface area (TPSA) is 70.1 Å². The fourth-order valence-corrected chi connectivity index (χ4v) is 1.97. The van der Waals surface area contributed by atoms with Crippen LogP contribution in [0.3, 0.4) is 0 Å². The summed E-state index contributed by atoms with van der Waals surface area (Å²) >= 11 is 0. The lowest BCUT2D eigenvalue weighted by Crippen LogP contribution is -2.52. The van der Waals surface area contributed by atoms with Gasteiger partial charge in [-0.2, -0.15) is 0 Å². The number of aliphatic imine (C=N–C) groups is 1. The molecule has 98 valence electrons. The van der Waals surface area contributed by atoms with Crippen molar-refractivity contribution >= 4 is 23.6 Å². The van der Waals surface area contributed by atoms with Crippen LogP contribution in [0, 0.1) is 0 Å². The Morgan fingerprint density at radius 2 is 1.84 bits per heavy atom. The first kappa shape index (κ1) is 13.0. The Morgan fingerprint density at radius 3 is 2.47 bits per heavy atom. The molecule has 0 aliphatic carbocycles. The molecule has 0 atom stereocenters. The van der Waals surface area contributed by atoms with Crippen molar-refractivity contribution in [2.45, 2.75) is 6.54 Å². The van der Waals surface area contributed by atoms with Crippen molar-refractivity contribution in [1.29, 1.82) is 0 Å². The summed E-state index contributed by atoms with van der Waals surface area (Å²) in [6, 6.07) is 7.25. The zero-order valence-corrected chi connectivity index (χ0v) is 10.5. The van der Waals surface area contributed by atoms with Gasteiger partial charge in [0, 0.05) is 12.7 Å². The van der Waals surface area contributed by atoms with Crippen LogP contribution in [0.2, 0.25) is 0 Å². The number of imide groups is 1. The van der Waals surface area contributed by atoms with Gasteiger partial charge in [-0.05, 0) is 11.6 Å². The normalized spacial score (nSPS) is 15.4. The van der Waals surface area contributed by atoms with Crippen LogP contribution in [0.25, 0.3) is 0 Å². The summed E-state index contributed by atoms with van der Waals surface area (Å²) < 4.78 is 0. The second kappa shape index (κ2) is 5.46. The van der Waals surface area contributed by atoms with Crippen LogP contribution in [0.1, 0.15) is 5.56 Å². The third kappa shape index (κ3) is 2.69.